The lowest BCUT2D eigenvalue weighted by Gasteiger charge is -2.03. The summed E-state index contributed by atoms with van der Waals surface area (Å²) in [5.74, 6) is -0.470. The quantitative estimate of drug-likeness (QED) is 0.577. The van der Waals surface area contributed by atoms with Gasteiger partial charge in [0.1, 0.15) is 0 Å². The zero-order valence-electron chi connectivity index (χ0n) is 7.46. The van der Waals surface area contributed by atoms with Gasteiger partial charge in [-0.1, -0.05) is 35.3 Å². The van der Waals surface area contributed by atoms with E-state index in [1.165, 1.54) is 12.6 Å². The molecule has 1 aromatic rings. The van der Waals surface area contributed by atoms with Crippen molar-refractivity contribution in [2.45, 2.75) is 0 Å². The van der Waals surface area contributed by atoms with Crippen LogP contribution in [0.15, 0.2) is 29.8 Å². The number of halogens is 2. The number of esters is 1. The van der Waals surface area contributed by atoms with Gasteiger partial charge in [0, 0.05) is 10.6 Å². The normalized spacial score (nSPS) is 11.2. The van der Waals surface area contributed by atoms with Gasteiger partial charge < -0.3 is 4.74 Å². The number of hydrogen-bond acceptors (Lipinski definition) is 2. The molecule has 0 aromatic heterocycles. The smallest absolute Gasteiger partial charge is 0.339 e. The average Bonchev–Trinajstić information content (AvgIpc) is 2.21. The van der Waals surface area contributed by atoms with Crippen LogP contribution in [0.3, 0.4) is 0 Å². The molecular formula is C10H8Cl2O2. The molecule has 0 spiro atoms. The summed E-state index contributed by atoms with van der Waals surface area (Å²) < 4.78 is 4.56. The van der Waals surface area contributed by atoms with Crippen LogP contribution in [0.1, 0.15) is 5.56 Å². The molecule has 0 atom stereocenters. The molecule has 0 N–H and O–H groups in total. The van der Waals surface area contributed by atoms with E-state index in [9.17, 15) is 4.79 Å². The van der Waals surface area contributed by atoms with Gasteiger partial charge in [0.25, 0.3) is 0 Å². The van der Waals surface area contributed by atoms with Gasteiger partial charge in [-0.3, -0.25) is 0 Å². The second-order valence-corrected chi connectivity index (χ2v) is 3.18. The maximum Gasteiger partial charge on any atom is 0.339 e. The van der Waals surface area contributed by atoms with Crippen molar-refractivity contribution in [3.63, 3.8) is 0 Å². The fraction of sp³-hybridized carbons (Fsp3) is 0.100. The van der Waals surface area contributed by atoms with E-state index in [4.69, 9.17) is 23.2 Å². The number of methoxy groups -OCH3 is 1. The molecule has 0 unspecified atom stereocenters. The van der Waals surface area contributed by atoms with Gasteiger partial charge in [-0.2, -0.15) is 0 Å². The summed E-state index contributed by atoms with van der Waals surface area (Å²) in [6, 6.07) is 6.77. The average molecular weight is 231 g/mol. The van der Waals surface area contributed by atoms with Gasteiger partial charge in [-0.15, -0.1) is 0 Å². The van der Waals surface area contributed by atoms with E-state index in [0.717, 1.165) is 0 Å². The van der Waals surface area contributed by atoms with Gasteiger partial charge in [-0.05, 0) is 17.7 Å². The van der Waals surface area contributed by atoms with Crippen LogP contribution in [0.4, 0.5) is 0 Å². The predicted molar refractivity (Wildman–Crippen MR) is 57.3 cm³/mol. The Morgan fingerprint density at radius 2 is 1.93 bits per heavy atom. The lowest BCUT2D eigenvalue weighted by atomic mass is 10.1. The Morgan fingerprint density at radius 3 is 2.36 bits per heavy atom. The third-order valence-corrected chi connectivity index (χ3v) is 2.14. The summed E-state index contributed by atoms with van der Waals surface area (Å²) in [6.07, 6.45) is 0. The number of carbonyl (C=O) groups is 1. The lowest BCUT2D eigenvalue weighted by Crippen LogP contribution is -2.02. The van der Waals surface area contributed by atoms with Crippen molar-refractivity contribution in [1.29, 1.82) is 0 Å². The zero-order chi connectivity index (χ0) is 10.6. The van der Waals surface area contributed by atoms with Crippen molar-refractivity contribution >= 4 is 34.7 Å². The van der Waals surface area contributed by atoms with Crippen molar-refractivity contribution in [3.8, 4) is 0 Å². The van der Waals surface area contributed by atoms with E-state index in [2.05, 4.69) is 4.74 Å². The summed E-state index contributed by atoms with van der Waals surface area (Å²) >= 11 is 11.2. The van der Waals surface area contributed by atoms with Crippen molar-refractivity contribution < 1.29 is 9.53 Å². The van der Waals surface area contributed by atoms with Gasteiger partial charge in [0.2, 0.25) is 0 Å². The van der Waals surface area contributed by atoms with Crippen LogP contribution in [0, 0.1) is 0 Å². The van der Waals surface area contributed by atoms with E-state index in [-0.39, 0.29) is 0 Å². The molecule has 0 saturated heterocycles. The molecule has 4 heteroatoms. The number of ether oxygens (including phenoxy) is 1. The monoisotopic (exact) mass is 230 g/mol. The molecule has 1 rings (SSSR count). The molecule has 2 nitrogen and oxygen atoms in total. The summed E-state index contributed by atoms with van der Waals surface area (Å²) in [5, 5.41) is 0.604. The molecular weight excluding hydrogens is 223 g/mol. The molecule has 0 aliphatic rings. The molecule has 0 fully saturated rings. The third-order valence-electron chi connectivity index (χ3n) is 1.67. The van der Waals surface area contributed by atoms with E-state index >= 15 is 0 Å². The zero-order valence-corrected chi connectivity index (χ0v) is 8.97. The summed E-state index contributed by atoms with van der Waals surface area (Å²) in [5.41, 5.74) is 2.18. The molecule has 0 heterocycles. The van der Waals surface area contributed by atoms with E-state index in [1.807, 2.05) is 0 Å². The fourth-order valence-electron chi connectivity index (χ4n) is 0.965. The van der Waals surface area contributed by atoms with Crippen LogP contribution >= 0.6 is 23.2 Å². The van der Waals surface area contributed by atoms with Crippen LogP contribution < -0.4 is 0 Å². The Kier molecular flexibility index (Phi) is 3.98. The first-order valence-corrected chi connectivity index (χ1v) is 4.65. The standard InChI is InChI=1S/C10H8Cl2O2/c1-14-10(13)9(6-11)7-2-4-8(12)5-3-7/h2-6H,1H3. The fourth-order valence-corrected chi connectivity index (χ4v) is 1.31. The summed E-state index contributed by atoms with van der Waals surface area (Å²) in [4.78, 5) is 11.2. The molecule has 14 heavy (non-hydrogen) atoms. The highest BCUT2D eigenvalue weighted by Gasteiger charge is 2.11. The minimum absolute atomic E-state index is 0.311. The van der Waals surface area contributed by atoms with E-state index in [1.54, 1.807) is 24.3 Å². The third kappa shape index (κ3) is 2.50. The maximum absolute atomic E-state index is 11.2. The van der Waals surface area contributed by atoms with Gasteiger partial charge >= 0.3 is 5.97 Å². The van der Waals surface area contributed by atoms with Gasteiger partial charge in [0.05, 0.1) is 12.7 Å². The van der Waals surface area contributed by atoms with Crippen molar-refractivity contribution in [2.75, 3.05) is 7.11 Å². The first kappa shape index (κ1) is 11.1. The first-order valence-electron chi connectivity index (χ1n) is 3.83. The highest BCUT2D eigenvalue weighted by molar-refractivity contribution is 6.34. The number of carbonyl (C=O) groups excluding carboxylic acids is 1. The van der Waals surface area contributed by atoms with Crippen molar-refractivity contribution in [3.05, 3.63) is 40.4 Å². The Morgan fingerprint density at radius 1 is 1.36 bits per heavy atom. The van der Waals surface area contributed by atoms with Gasteiger partial charge in [-0.25, -0.2) is 4.79 Å². The Bertz CT molecular complexity index is 355. The Hall–Kier alpha value is -0.990. The molecule has 0 radical (unpaired) electrons. The van der Waals surface area contributed by atoms with Crippen molar-refractivity contribution in [2.24, 2.45) is 0 Å². The largest absolute Gasteiger partial charge is 0.465 e. The van der Waals surface area contributed by atoms with E-state index < -0.39 is 5.97 Å². The SMILES string of the molecule is COC(=O)C(=CCl)c1ccc(Cl)cc1. The summed E-state index contributed by atoms with van der Waals surface area (Å²) in [7, 11) is 1.30. The van der Waals surface area contributed by atoms with Crippen LogP contribution in [0.5, 0.6) is 0 Å². The number of rotatable bonds is 2. The van der Waals surface area contributed by atoms with Crippen LogP contribution in [0.2, 0.25) is 5.02 Å². The van der Waals surface area contributed by atoms with Gasteiger partial charge in [0.15, 0.2) is 0 Å². The number of hydrogen-bond donors (Lipinski definition) is 0. The minimum Gasteiger partial charge on any atom is -0.465 e. The Labute approximate surface area is 92.1 Å². The molecule has 0 aliphatic carbocycles. The molecule has 74 valence electrons. The molecule has 0 bridgehead atoms. The highest BCUT2D eigenvalue weighted by Crippen LogP contribution is 2.19. The highest BCUT2D eigenvalue weighted by atomic mass is 35.5. The second-order valence-electron chi connectivity index (χ2n) is 2.52. The molecule has 0 saturated carbocycles. The summed E-state index contributed by atoms with van der Waals surface area (Å²) in [6.45, 7) is 0. The van der Waals surface area contributed by atoms with Crippen LogP contribution in [-0.2, 0) is 9.53 Å². The number of benzene rings is 1. The minimum atomic E-state index is -0.470. The van der Waals surface area contributed by atoms with Crippen molar-refractivity contribution in [1.82, 2.24) is 0 Å². The lowest BCUT2D eigenvalue weighted by molar-refractivity contribution is -0.133. The molecule has 0 amide bonds. The van der Waals surface area contributed by atoms with E-state index in [0.29, 0.717) is 16.2 Å². The first-order chi connectivity index (χ1) is 6.69. The molecule has 1 aromatic carbocycles. The van der Waals surface area contributed by atoms with Crippen LogP contribution in [-0.4, -0.2) is 13.1 Å². The predicted octanol–water partition coefficient (Wildman–Crippen LogP) is 3.09. The molecule has 0 aliphatic heterocycles. The van der Waals surface area contributed by atoms with Crippen LogP contribution in [0.25, 0.3) is 5.57 Å². The second kappa shape index (κ2) is 5.03. The Balaban J connectivity index is 3.03. The topological polar surface area (TPSA) is 26.3 Å². The maximum atomic E-state index is 11.2.